The van der Waals surface area contributed by atoms with E-state index in [0.29, 0.717) is 34.4 Å². The lowest BCUT2D eigenvalue weighted by atomic mass is 10.1. The number of benzene rings is 2. The Balaban J connectivity index is 2.19. The van der Waals surface area contributed by atoms with Gasteiger partial charge in [-0.25, -0.2) is 9.78 Å². The highest BCUT2D eigenvalue weighted by atomic mass is 16.6. The number of alkyl carbamates (subject to hydrolysis) is 1. The molecule has 0 aliphatic heterocycles. The highest BCUT2D eigenvalue weighted by Gasteiger charge is 2.25. The van der Waals surface area contributed by atoms with Gasteiger partial charge >= 0.3 is 12.1 Å². The summed E-state index contributed by atoms with van der Waals surface area (Å²) in [6.45, 7) is 7.22. The van der Waals surface area contributed by atoms with Crippen LogP contribution >= 0.6 is 0 Å². The lowest BCUT2D eigenvalue weighted by molar-refractivity contribution is -0.136. The molecule has 2 aromatic carbocycles. The first-order chi connectivity index (χ1) is 16.6. The average molecular weight is 476 g/mol. The van der Waals surface area contributed by atoms with Crippen LogP contribution < -0.4 is 10.9 Å². The molecule has 0 radical (unpaired) electrons. The van der Waals surface area contributed by atoms with E-state index >= 15 is 0 Å². The van der Waals surface area contributed by atoms with Gasteiger partial charge in [-0.1, -0.05) is 43.0 Å². The smallest absolute Gasteiger partial charge is 0.408 e. The van der Waals surface area contributed by atoms with Crippen molar-refractivity contribution >= 4 is 23.0 Å². The zero-order chi connectivity index (χ0) is 25.6. The Labute approximate surface area is 204 Å². The van der Waals surface area contributed by atoms with Gasteiger partial charge in [0.25, 0.3) is 5.56 Å². The molecular formula is C27H29N3O5. The lowest BCUT2D eigenvalue weighted by Gasteiger charge is -2.24. The molecule has 0 saturated carbocycles. The third kappa shape index (κ3) is 6.48. The number of carboxylic acid groups (broad SMARTS) is 1. The van der Waals surface area contributed by atoms with Crippen LogP contribution in [0.15, 0.2) is 53.3 Å². The van der Waals surface area contributed by atoms with Crippen LogP contribution in [0, 0.1) is 11.8 Å². The van der Waals surface area contributed by atoms with Gasteiger partial charge in [0.05, 0.1) is 29.1 Å². The number of aromatic nitrogens is 2. The minimum atomic E-state index is -0.932. The molecule has 0 saturated heterocycles. The standard InChI is InChI=1S/C27H29N3O5/c1-5-20(29-26(34)35-27(2,3)4)24-28-21-16-11-13-18(12-9-10-17-22(31)32)23(21)25(33)30(24)19-14-7-6-8-15-19/h6-8,11,13-16,20H,5,10,17H2,1-4H3,(H,29,34)(H,31,32). The number of aliphatic carboxylic acids is 1. The molecule has 1 heterocycles. The van der Waals surface area contributed by atoms with E-state index in [0.717, 1.165) is 0 Å². The van der Waals surface area contributed by atoms with Crippen LogP contribution in [0.25, 0.3) is 16.6 Å². The van der Waals surface area contributed by atoms with E-state index in [9.17, 15) is 14.4 Å². The van der Waals surface area contributed by atoms with E-state index in [1.807, 2.05) is 25.1 Å². The predicted molar refractivity (Wildman–Crippen MR) is 133 cm³/mol. The number of carbonyl (C=O) groups is 2. The molecular weight excluding hydrogens is 446 g/mol. The fourth-order valence-electron chi connectivity index (χ4n) is 3.54. The van der Waals surface area contributed by atoms with Crippen LogP contribution in [0.4, 0.5) is 4.79 Å². The second-order valence-electron chi connectivity index (χ2n) is 8.95. The van der Waals surface area contributed by atoms with Crippen molar-refractivity contribution in [2.24, 2.45) is 0 Å². The zero-order valence-electron chi connectivity index (χ0n) is 20.3. The van der Waals surface area contributed by atoms with Crippen molar-refractivity contribution in [1.29, 1.82) is 0 Å². The average Bonchev–Trinajstić information content (AvgIpc) is 2.79. The molecule has 0 fully saturated rings. The fourth-order valence-corrected chi connectivity index (χ4v) is 3.54. The maximum Gasteiger partial charge on any atom is 0.408 e. The molecule has 1 aromatic heterocycles. The summed E-state index contributed by atoms with van der Waals surface area (Å²) in [5, 5.41) is 12.0. The highest BCUT2D eigenvalue weighted by molar-refractivity contribution is 5.85. The molecule has 0 bridgehead atoms. The van der Waals surface area contributed by atoms with Crippen molar-refractivity contribution in [3.05, 3.63) is 70.3 Å². The molecule has 1 atom stereocenters. The summed E-state index contributed by atoms with van der Waals surface area (Å²) in [6.07, 6.45) is -0.0416. The molecule has 8 heteroatoms. The van der Waals surface area contributed by atoms with Gasteiger partial charge in [-0.2, -0.15) is 0 Å². The van der Waals surface area contributed by atoms with E-state index in [1.165, 1.54) is 4.57 Å². The van der Waals surface area contributed by atoms with E-state index in [1.54, 1.807) is 51.1 Å². The topological polar surface area (TPSA) is 111 Å². The van der Waals surface area contributed by atoms with Gasteiger partial charge in [-0.05, 0) is 51.5 Å². The Hall–Kier alpha value is -4.12. The van der Waals surface area contributed by atoms with Gasteiger partial charge in [0, 0.05) is 12.0 Å². The summed E-state index contributed by atoms with van der Waals surface area (Å²) in [4.78, 5) is 42.0. The minimum Gasteiger partial charge on any atom is -0.481 e. The second kappa shape index (κ2) is 10.9. The molecule has 3 rings (SSSR count). The first-order valence-corrected chi connectivity index (χ1v) is 11.4. The fraction of sp³-hybridized carbons (Fsp3) is 0.333. The zero-order valence-corrected chi connectivity index (χ0v) is 20.3. The Morgan fingerprint density at radius 1 is 1.14 bits per heavy atom. The van der Waals surface area contributed by atoms with Gasteiger partial charge in [0.15, 0.2) is 0 Å². The number of carboxylic acids is 1. The Kier molecular flexibility index (Phi) is 7.92. The Morgan fingerprint density at radius 2 is 1.86 bits per heavy atom. The monoisotopic (exact) mass is 475 g/mol. The van der Waals surface area contributed by atoms with Crippen LogP contribution in [-0.4, -0.2) is 32.3 Å². The number of fused-ring (bicyclic) bond motifs is 1. The number of nitrogens with zero attached hydrogens (tertiary/aromatic N) is 2. The van der Waals surface area contributed by atoms with Gasteiger partial charge in [-0.15, -0.1) is 0 Å². The molecule has 8 nitrogen and oxygen atoms in total. The first kappa shape index (κ1) is 25.5. The van der Waals surface area contributed by atoms with E-state index in [4.69, 9.17) is 14.8 Å². The summed E-state index contributed by atoms with van der Waals surface area (Å²) < 4.78 is 6.90. The second-order valence-corrected chi connectivity index (χ2v) is 8.95. The number of hydrogen-bond acceptors (Lipinski definition) is 5. The number of amides is 1. The van der Waals surface area contributed by atoms with E-state index < -0.39 is 23.7 Å². The molecule has 1 unspecified atom stereocenters. The first-order valence-electron chi connectivity index (χ1n) is 11.4. The summed E-state index contributed by atoms with van der Waals surface area (Å²) in [5.74, 6) is 5.20. The lowest BCUT2D eigenvalue weighted by Crippen LogP contribution is -2.37. The number of carbonyl (C=O) groups excluding carboxylic acids is 1. The quantitative estimate of drug-likeness (QED) is 0.505. The van der Waals surface area contributed by atoms with Gasteiger partial charge in [0.1, 0.15) is 11.4 Å². The summed E-state index contributed by atoms with van der Waals surface area (Å²) in [5.41, 5.74) is 0.497. The minimum absolute atomic E-state index is 0.0804. The number of hydrogen-bond donors (Lipinski definition) is 2. The van der Waals surface area contributed by atoms with Crippen molar-refractivity contribution in [2.45, 2.75) is 58.6 Å². The maximum absolute atomic E-state index is 13.9. The Morgan fingerprint density at radius 3 is 2.49 bits per heavy atom. The van der Waals surface area contributed by atoms with E-state index in [2.05, 4.69) is 17.2 Å². The molecule has 2 N–H and O–H groups in total. The molecule has 0 aliphatic rings. The highest BCUT2D eigenvalue weighted by Crippen LogP contribution is 2.22. The van der Waals surface area contributed by atoms with Crippen molar-refractivity contribution < 1.29 is 19.4 Å². The van der Waals surface area contributed by atoms with Crippen molar-refractivity contribution in [3.8, 4) is 17.5 Å². The van der Waals surface area contributed by atoms with Crippen LogP contribution in [0.1, 0.15) is 64.4 Å². The van der Waals surface area contributed by atoms with Crippen LogP contribution in [0.5, 0.6) is 0 Å². The van der Waals surface area contributed by atoms with Gasteiger partial charge < -0.3 is 15.2 Å². The SMILES string of the molecule is CCC(NC(=O)OC(C)(C)C)c1nc2cccc(C#CCCC(=O)O)c2c(=O)n1-c1ccccc1. The van der Waals surface area contributed by atoms with Crippen LogP contribution in [0.2, 0.25) is 0 Å². The summed E-state index contributed by atoms with van der Waals surface area (Å²) >= 11 is 0. The third-order valence-electron chi connectivity index (χ3n) is 5.04. The van der Waals surface area contributed by atoms with Gasteiger partial charge in [0.2, 0.25) is 0 Å². The molecule has 0 aliphatic carbocycles. The number of rotatable bonds is 6. The largest absolute Gasteiger partial charge is 0.481 e. The number of nitrogens with one attached hydrogen (secondary N) is 1. The Bertz CT molecular complexity index is 1340. The summed E-state index contributed by atoms with van der Waals surface area (Å²) in [7, 11) is 0. The molecule has 182 valence electrons. The normalized spacial score (nSPS) is 11.9. The number of para-hydroxylation sites is 1. The third-order valence-corrected chi connectivity index (χ3v) is 5.04. The van der Waals surface area contributed by atoms with Crippen molar-refractivity contribution in [1.82, 2.24) is 14.9 Å². The molecule has 3 aromatic rings. The number of ether oxygens (including phenoxy) is 1. The van der Waals surface area contributed by atoms with E-state index in [-0.39, 0.29) is 18.4 Å². The van der Waals surface area contributed by atoms with Crippen LogP contribution in [0.3, 0.4) is 0 Å². The van der Waals surface area contributed by atoms with Crippen molar-refractivity contribution in [3.63, 3.8) is 0 Å². The van der Waals surface area contributed by atoms with Crippen molar-refractivity contribution in [2.75, 3.05) is 0 Å². The van der Waals surface area contributed by atoms with Crippen LogP contribution in [-0.2, 0) is 9.53 Å². The maximum atomic E-state index is 13.9. The van der Waals surface area contributed by atoms with Gasteiger partial charge in [-0.3, -0.25) is 14.2 Å². The molecule has 0 spiro atoms. The summed E-state index contributed by atoms with van der Waals surface area (Å²) in [6, 6.07) is 13.6. The molecule has 1 amide bonds. The molecule has 35 heavy (non-hydrogen) atoms. The predicted octanol–water partition coefficient (Wildman–Crippen LogP) is 4.58.